The number of esters is 4. The van der Waals surface area contributed by atoms with Crippen LogP contribution in [0.25, 0.3) is 0 Å². The molecule has 0 radical (unpaired) electrons. The monoisotopic (exact) mass is 266 g/mol. The Kier molecular flexibility index (Phi) is 11.2. The van der Waals surface area contributed by atoms with Crippen molar-refractivity contribution in [2.45, 2.75) is 0 Å². The molecule has 1 rings (SSSR count). The zero-order valence-corrected chi connectivity index (χ0v) is 9.17. The SMILES string of the molecule is COC(=O)/C=C\C(=O)OC.O=C1C=CC(=O)O1.[NaH]. The van der Waals surface area contributed by atoms with Gasteiger partial charge in [-0.1, -0.05) is 0 Å². The molecule has 0 aliphatic carbocycles. The first-order valence-electron chi connectivity index (χ1n) is 4.27. The number of methoxy groups -OCH3 is 2. The van der Waals surface area contributed by atoms with Gasteiger partial charge in [0.25, 0.3) is 0 Å². The first-order valence-corrected chi connectivity index (χ1v) is 4.27. The normalized spacial score (nSPS) is 12.1. The van der Waals surface area contributed by atoms with Gasteiger partial charge in [0.2, 0.25) is 0 Å². The van der Waals surface area contributed by atoms with E-state index in [-0.39, 0.29) is 29.6 Å². The molecular weight excluding hydrogens is 255 g/mol. The third kappa shape index (κ3) is 9.76. The molecule has 0 bridgehead atoms. The van der Waals surface area contributed by atoms with Crippen LogP contribution >= 0.6 is 0 Å². The van der Waals surface area contributed by atoms with Crippen LogP contribution in [-0.4, -0.2) is 67.7 Å². The van der Waals surface area contributed by atoms with Gasteiger partial charge in [0, 0.05) is 24.3 Å². The molecule has 0 atom stereocenters. The van der Waals surface area contributed by atoms with Crippen molar-refractivity contribution in [3.05, 3.63) is 24.3 Å². The zero-order chi connectivity index (χ0) is 13.3. The summed E-state index contributed by atoms with van der Waals surface area (Å²) in [4.78, 5) is 40.5. The summed E-state index contributed by atoms with van der Waals surface area (Å²) >= 11 is 0. The van der Waals surface area contributed by atoms with Gasteiger partial charge < -0.3 is 14.2 Å². The predicted octanol–water partition coefficient (Wildman–Crippen LogP) is -1.13. The Morgan fingerprint density at radius 1 is 1.00 bits per heavy atom. The van der Waals surface area contributed by atoms with Crippen molar-refractivity contribution in [3.63, 3.8) is 0 Å². The van der Waals surface area contributed by atoms with Crippen molar-refractivity contribution in [1.82, 2.24) is 0 Å². The second-order valence-corrected chi connectivity index (χ2v) is 2.45. The first-order chi connectivity index (χ1) is 7.99. The molecule has 1 aliphatic rings. The maximum absolute atomic E-state index is 10.3. The molecule has 0 aromatic heterocycles. The number of carbonyl (C=O) groups is 4. The van der Waals surface area contributed by atoms with Gasteiger partial charge in [0.1, 0.15) is 0 Å². The van der Waals surface area contributed by atoms with E-state index >= 15 is 0 Å². The molecule has 1 heterocycles. The van der Waals surface area contributed by atoms with Crippen LogP contribution < -0.4 is 0 Å². The first kappa shape index (κ1) is 18.9. The molecule has 0 saturated carbocycles. The van der Waals surface area contributed by atoms with Crippen LogP contribution in [0.1, 0.15) is 0 Å². The van der Waals surface area contributed by atoms with Crippen LogP contribution in [-0.2, 0) is 33.4 Å². The van der Waals surface area contributed by atoms with E-state index in [1.54, 1.807) is 0 Å². The van der Waals surface area contributed by atoms with E-state index in [9.17, 15) is 19.2 Å². The summed E-state index contributed by atoms with van der Waals surface area (Å²) in [6.45, 7) is 0. The van der Waals surface area contributed by atoms with Crippen LogP contribution in [0.5, 0.6) is 0 Å². The summed E-state index contributed by atoms with van der Waals surface area (Å²) in [6, 6.07) is 0. The minimum atomic E-state index is -0.579. The standard InChI is InChI=1S/C6H8O4.C4H2O3.Na.H/c1-9-5(7)3-4-6(8)10-2;5-3-1-2-4(6)7-3;;/h3-4H,1-2H3;1-2H;;/b4-3-;;;. The predicted molar refractivity (Wildman–Crippen MR) is 60.6 cm³/mol. The second-order valence-electron chi connectivity index (χ2n) is 2.45. The molecular formula is C10H11NaO7. The Bertz CT molecular complexity index is 350. The molecule has 1 aliphatic heterocycles. The Morgan fingerprint density at radius 2 is 1.33 bits per heavy atom. The average molecular weight is 266 g/mol. The number of rotatable bonds is 2. The van der Waals surface area contributed by atoms with Gasteiger partial charge in [-0.15, -0.1) is 0 Å². The van der Waals surface area contributed by atoms with Crippen LogP contribution in [0.3, 0.4) is 0 Å². The summed E-state index contributed by atoms with van der Waals surface area (Å²) in [6.07, 6.45) is 4.16. The number of hydrogen-bond donors (Lipinski definition) is 0. The molecule has 94 valence electrons. The number of ether oxygens (including phenoxy) is 3. The number of cyclic esters (lactones) is 2. The summed E-state index contributed by atoms with van der Waals surface area (Å²) in [5.41, 5.74) is 0. The van der Waals surface area contributed by atoms with Crippen LogP contribution in [0.2, 0.25) is 0 Å². The molecule has 18 heavy (non-hydrogen) atoms. The van der Waals surface area contributed by atoms with Crippen LogP contribution in [0.15, 0.2) is 24.3 Å². The van der Waals surface area contributed by atoms with Gasteiger partial charge >= 0.3 is 53.4 Å². The van der Waals surface area contributed by atoms with E-state index in [0.717, 1.165) is 24.3 Å². The molecule has 0 N–H and O–H groups in total. The van der Waals surface area contributed by atoms with E-state index in [1.807, 2.05) is 0 Å². The fourth-order valence-corrected chi connectivity index (χ4v) is 0.575. The zero-order valence-electron chi connectivity index (χ0n) is 9.17. The van der Waals surface area contributed by atoms with Gasteiger partial charge in [0.15, 0.2) is 0 Å². The molecule has 0 fully saturated rings. The second kappa shape index (κ2) is 10.7. The van der Waals surface area contributed by atoms with E-state index in [0.29, 0.717) is 0 Å². The Labute approximate surface area is 125 Å². The van der Waals surface area contributed by atoms with Crippen molar-refractivity contribution in [2.24, 2.45) is 0 Å². The molecule has 0 unspecified atom stereocenters. The summed E-state index contributed by atoms with van der Waals surface area (Å²) < 4.78 is 12.4. The maximum atomic E-state index is 10.3. The number of carbonyl (C=O) groups excluding carboxylic acids is 4. The average Bonchev–Trinajstić information content (AvgIpc) is 2.70. The molecule has 0 saturated heterocycles. The Morgan fingerprint density at radius 3 is 1.50 bits per heavy atom. The van der Waals surface area contributed by atoms with Crippen molar-refractivity contribution in [3.8, 4) is 0 Å². The molecule has 7 nitrogen and oxygen atoms in total. The van der Waals surface area contributed by atoms with Gasteiger partial charge in [0.05, 0.1) is 14.2 Å². The molecule has 0 spiro atoms. The van der Waals surface area contributed by atoms with E-state index in [4.69, 9.17) is 0 Å². The van der Waals surface area contributed by atoms with Crippen molar-refractivity contribution < 1.29 is 33.4 Å². The third-order valence-electron chi connectivity index (χ3n) is 1.31. The van der Waals surface area contributed by atoms with E-state index in [2.05, 4.69) is 14.2 Å². The molecule has 0 amide bonds. The molecule has 0 aromatic rings. The van der Waals surface area contributed by atoms with Crippen molar-refractivity contribution in [1.29, 1.82) is 0 Å². The Hall–Kier alpha value is -1.44. The summed E-state index contributed by atoms with van der Waals surface area (Å²) in [5.74, 6) is -2.31. The van der Waals surface area contributed by atoms with Gasteiger partial charge in [-0.3, -0.25) is 0 Å². The topological polar surface area (TPSA) is 96.0 Å². The minimum absolute atomic E-state index is 0. The van der Waals surface area contributed by atoms with E-state index in [1.165, 1.54) is 14.2 Å². The van der Waals surface area contributed by atoms with Crippen molar-refractivity contribution in [2.75, 3.05) is 14.2 Å². The van der Waals surface area contributed by atoms with Crippen LogP contribution in [0, 0.1) is 0 Å². The number of hydrogen-bond acceptors (Lipinski definition) is 7. The fourth-order valence-electron chi connectivity index (χ4n) is 0.575. The Balaban J connectivity index is 0. The summed E-state index contributed by atoms with van der Waals surface area (Å²) in [7, 11) is 2.45. The molecule has 0 aromatic carbocycles. The van der Waals surface area contributed by atoms with Gasteiger partial charge in [-0.05, 0) is 0 Å². The van der Waals surface area contributed by atoms with Crippen molar-refractivity contribution >= 4 is 53.4 Å². The van der Waals surface area contributed by atoms with Crippen LogP contribution in [0.4, 0.5) is 0 Å². The quantitative estimate of drug-likeness (QED) is 0.205. The molecule has 8 heteroatoms. The third-order valence-corrected chi connectivity index (χ3v) is 1.31. The van der Waals surface area contributed by atoms with Gasteiger partial charge in [-0.25, -0.2) is 19.2 Å². The summed E-state index contributed by atoms with van der Waals surface area (Å²) in [5, 5.41) is 0. The fraction of sp³-hybridized carbons (Fsp3) is 0.200. The van der Waals surface area contributed by atoms with E-state index < -0.39 is 23.9 Å². The van der Waals surface area contributed by atoms with Gasteiger partial charge in [-0.2, -0.15) is 0 Å².